The van der Waals surface area contributed by atoms with E-state index in [0.29, 0.717) is 5.78 Å². The molecule has 4 nitrogen and oxygen atoms in total. The molecule has 4 rings (SSSR count). The van der Waals surface area contributed by atoms with E-state index in [2.05, 4.69) is 52.9 Å². The lowest BCUT2D eigenvalue weighted by atomic mass is 10.2. The van der Waals surface area contributed by atoms with Gasteiger partial charge in [-0.25, -0.2) is 9.97 Å². The van der Waals surface area contributed by atoms with Crippen LogP contribution in [0.1, 0.15) is 0 Å². The Morgan fingerprint density at radius 3 is 2.89 bits per heavy atom. The Kier molecular flexibility index (Phi) is 2.07. The van der Waals surface area contributed by atoms with E-state index in [-0.39, 0.29) is 0 Å². The van der Waals surface area contributed by atoms with Crippen molar-refractivity contribution in [2.45, 2.75) is 0 Å². The van der Waals surface area contributed by atoms with E-state index >= 15 is 0 Å². The molecule has 0 spiro atoms. The lowest BCUT2D eigenvalue weighted by Crippen LogP contribution is -1.92. The van der Waals surface area contributed by atoms with Gasteiger partial charge in [-0.3, -0.25) is 4.40 Å². The molecule has 3 aromatic heterocycles. The van der Waals surface area contributed by atoms with Gasteiger partial charge in [0.05, 0.1) is 4.47 Å². The zero-order chi connectivity index (χ0) is 12.3. The summed E-state index contributed by atoms with van der Waals surface area (Å²) >= 11 is 7.01. The fourth-order valence-electron chi connectivity index (χ4n) is 2.18. The van der Waals surface area contributed by atoms with Crippen molar-refractivity contribution in [2.75, 3.05) is 0 Å². The number of benzene rings is 1. The standard InChI is InChI=1S/C12H6Br2N4/c13-7-5-15-12-17-9-6-3-1-2-4-8(6)16-11(9)18(12)10(7)14/h1-5,16H. The fraction of sp³-hybridized carbons (Fsp3) is 0. The smallest absolute Gasteiger partial charge is 0.236 e. The molecule has 0 atom stereocenters. The third-order valence-corrected chi connectivity index (χ3v) is 4.88. The first kappa shape index (κ1) is 10.5. The van der Waals surface area contributed by atoms with Gasteiger partial charge < -0.3 is 4.98 Å². The van der Waals surface area contributed by atoms with Crippen LogP contribution in [0.2, 0.25) is 0 Å². The Labute approximate surface area is 118 Å². The average molecular weight is 366 g/mol. The third kappa shape index (κ3) is 1.24. The minimum atomic E-state index is 0.678. The second kappa shape index (κ2) is 3.55. The number of nitrogens with one attached hydrogen (secondary N) is 1. The highest BCUT2D eigenvalue weighted by atomic mass is 79.9. The van der Waals surface area contributed by atoms with E-state index in [0.717, 1.165) is 31.1 Å². The number of rotatable bonds is 0. The van der Waals surface area contributed by atoms with E-state index in [1.807, 2.05) is 22.6 Å². The maximum atomic E-state index is 4.58. The highest BCUT2D eigenvalue weighted by Crippen LogP contribution is 2.30. The number of fused-ring (bicyclic) bond motifs is 5. The molecule has 3 heterocycles. The predicted octanol–water partition coefficient (Wildman–Crippen LogP) is 3.89. The largest absolute Gasteiger partial charge is 0.339 e. The summed E-state index contributed by atoms with van der Waals surface area (Å²) in [5, 5.41) is 1.11. The molecule has 88 valence electrons. The molecule has 0 unspecified atom stereocenters. The van der Waals surface area contributed by atoms with Crippen molar-refractivity contribution in [2.24, 2.45) is 0 Å². The number of imidazole rings is 1. The van der Waals surface area contributed by atoms with Crippen LogP contribution in [-0.4, -0.2) is 19.4 Å². The molecule has 0 bridgehead atoms. The Balaban J connectivity index is 2.33. The van der Waals surface area contributed by atoms with Gasteiger partial charge in [0.25, 0.3) is 0 Å². The van der Waals surface area contributed by atoms with E-state index in [1.165, 1.54) is 0 Å². The van der Waals surface area contributed by atoms with Gasteiger partial charge in [0.1, 0.15) is 15.8 Å². The van der Waals surface area contributed by atoms with Crippen LogP contribution in [0.25, 0.3) is 27.8 Å². The lowest BCUT2D eigenvalue weighted by molar-refractivity contribution is 1.07. The number of nitrogens with zero attached hydrogens (tertiary/aromatic N) is 3. The van der Waals surface area contributed by atoms with Crippen LogP contribution in [0.15, 0.2) is 39.5 Å². The van der Waals surface area contributed by atoms with Crippen LogP contribution in [0.3, 0.4) is 0 Å². The Bertz CT molecular complexity index is 907. The molecule has 18 heavy (non-hydrogen) atoms. The summed E-state index contributed by atoms with van der Waals surface area (Å²) in [7, 11) is 0. The third-order valence-electron chi connectivity index (χ3n) is 2.98. The van der Waals surface area contributed by atoms with Crippen molar-refractivity contribution in [1.82, 2.24) is 19.4 Å². The molecule has 0 aliphatic rings. The van der Waals surface area contributed by atoms with Crippen molar-refractivity contribution < 1.29 is 0 Å². The maximum absolute atomic E-state index is 4.58. The molecule has 0 radical (unpaired) electrons. The lowest BCUT2D eigenvalue weighted by Gasteiger charge is -1.99. The molecule has 0 aliphatic carbocycles. The van der Waals surface area contributed by atoms with E-state index in [4.69, 9.17) is 0 Å². The van der Waals surface area contributed by atoms with Gasteiger partial charge in [0, 0.05) is 17.1 Å². The summed E-state index contributed by atoms with van der Waals surface area (Å²) in [6.07, 6.45) is 1.74. The van der Waals surface area contributed by atoms with E-state index < -0.39 is 0 Å². The number of hydrogen-bond donors (Lipinski definition) is 1. The number of H-pyrrole nitrogens is 1. The molecular weight excluding hydrogens is 360 g/mol. The number of aromatic nitrogens is 4. The van der Waals surface area contributed by atoms with Gasteiger partial charge in [-0.05, 0) is 37.9 Å². The van der Waals surface area contributed by atoms with Crippen molar-refractivity contribution in [3.05, 3.63) is 39.5 Å². The Hall–Kier alpha value is -1.40. The summed E-state index contributed by atoms with van der Waals surface area (Å²) in [6.45, 7) is 0. The van der Waals surface area contributed by atoms with Gasteiger partial charge in [-0.2, -0.15) is 0 Å². The number of aromatic amines is 1. The first-order chi connectivity index (χ1) is 8.75. The fourth-order valence-corrected chi connectivity index (χ4v) is 2.90. The van der Waals surface area contributed by atoms with Crippen LogP contribution >= 0.6 is 31.9 Å². The first-order valence-electron chi connectivity index (χ1n) is 5.34. The Morgan fingerprint density at radius 1 is 1.17 bits per heavy atom. The van der Waals surface area contributed by atoms with Gasteiger partial charge in [-0.1, -0.05) is 18.2 Å². The molecule has 0 fully saturated rings. The summed E-state index contributed by atoms with van der Waals surface area (Å²) in [6, 6.07) is 8.12. The monoisotopic (exact) mass is 364 g/mol. The van der Waals surface area contributed by atoms with Gasteiger partial charge in [0.2, 0.25) is 5.78 Å². The van der Waals surface area contributed by atoms with E-state index in [9.17, 15) is 0 Å². The zero-order valence-corrected chi connectivity index (χ0v) is 12.2. The molecule has 0 saturated heterocycles. The topological polar surface area (TPSA) is 46.0 Å². The van der Waals surface area contributed by atoms with Crippen molar-refractivity contribution in [1.29, 1.82) is 0 Å². The SMILES string of the molecule is Brc1cnc2nc3c4ccccc4[nH]c3n2c1Br. The molecular formula is C12H6Br2N4. The van der Waals surface area contributed by atoms with Crippen LogP contribution in [-0.2, 0) is 0 Å². The molecule has 6 heteroatoms. The van der Waals surface area contributed by atoms with E-state index in [1.54, 1.807) is 6.20 Å². The van der Waals surface area contributed by atoms with Crippen molar-refractivity contribution in [3.63, 3.8) is 0 Å². The highest BCUT2D eigenvalue weighted by Gasteiger charge is 2.14. The number of para-hydroxylation sites is 1. The van der Waals surface area contributed by atoms with Gasteiger partial charge in [-0.15, -0.1) is 0 Å². The second-order valence-corrected chi connectivity index (χ2v) is 5.62. The van der Waals surface area contributed by atoms with Crippen LogP contribution in [0.5, 0.6) is 0 Å². The molecule has 0 aliphatic heterocycles. The molecule has 0 saturated carbocycles. The minimum Gasteiger partial charge on any atom is -0.339 e. The quantitative estimate of drug-likeness (QED) is 0.480. The van der Waals surface area contributed by atoms with Crippen LogP contribution in [0, 0.1) is 0 Å². The van der Waals surface area contributed by atoms with Gasteiger partial charge in [0.15, 0.2) is 0 Å². The highest BCUT2D eigenvalue weighted by molar-refractivity contribution is 9.13. The average Bonchev–Trinajstić information content (AvgIpc) is 2.89. The zero-order valence-electron chi connectivity index (χ0n) is 8.98. The Morgan fingerprint density at radius 2 is 2.00 bits per heavy atom. The molecule has 1 aromatic carbocycles. The second-order valence-electron chi connectivity index (χ2n) is 4.01. The predicted molar refractivity (Wildman–Crippen MR) is 77.7 cm³/mol. The summed E-state index contributed by atoms with van der Waals surface area (Å²) in [5.74, 6) is 0.678. The normalized spacial score (nSPS) is 11.9. The van der Waals surface area contributed by atoms with Crippen LogP contribution in [0.4, 0.5) is 0 Å². The minimum absolute atomic E-state index is 0.678. The molecule has 1 N–H and O–H groups in total. The summed E-state index contributed by atoms with van der Waals surface area (Å²) in [4.78, 5) is 12.3. The maximum Gasteiger partial charge on any atom is 0.236 e. The van der Waals surface area contributed by atoms with Crippen molar-refractivity contribution in [3.8, 4) is 0 Å². The molecule has 0 amide bonds. The summed E-state index contributed by atoms with van der Waals surface area (Å²) in [5.41, 5.74) is 2.97. The molecule has 4 aromatic rings. The van der Waals surface area contributed by atoms with Gasteiger partial charge >= 0.3 is 0 Å². The number of hydrogen-bond acceptors (Lipinski definition) is 2. The first-order valence-corrected chi connectivity index (χ1v) is 6.93. The van der Waals surface area contributed by atoms with Crippen LogP contribution < -0.4 is 0 Å². The summed E-state index contributed by atoms with van der Waals surface area (Å²) < 4.78 is 3.76. The van der Waals surface area contributed by atoms with Crippen molar-refractivity contribution >= 4 is 59.7 Å². The number of halogens is 2.